The summed E-state index contributed by atoms with van der Waals surface area (Å²) in [6, 6.07) is 9.37. The van der Waals surface area contributed by atoms with Crippen molar-refractivity contribution in [1.82, 2.24) is 20.0 Å². The summed E-state index contributed by atoms with van der Waals surface area (Å²) in [7, 11) is 0. The molecule has 1 N–H and O–H groups in total. The van der Waals surface area contributed by atoms with Crippen LogP contribution in [0.2, 0.25) is 0 Å². The molecule has 4 rings (SSSR count). The Morgan fingerprint density at radius 2 is 2.11 bits per heavy atom. The number of hydrogen-bond acceptors (Lipinski definition) is 5. The van der Waals surface area contributed by atoms with Crippen molar-refractivity contribution >= 4 is 11.7 Å². The maximum Gasteiger partial charge on any atom is 0.321 e. The van der Waals surface area contributed by atoms with Gasteiger partial charge in [0.15, 0.2) is 0 Å². The normalized spacial score (nSPS) is 16.9. The number of nitrogens with zero attached hydrogens (tertiary/aromatic N) is 4. The Morgan fingerprint density at radius 3 is 2.93 bits per heavy atom. The first-order valence-corrected chi connectivity index (χ1v) is 8.74. The Hall–Kier alpha value is -3.29. The molecule has 138 valence electrons. The van der Waals surface area contributed by atoms with E-state index >= 15 is 0 Å². The molecule has 0 aliphatic carbocycles. The summed E-state index contributed by atoms with van der Waals surface area (Å²) < 4.78 is 18.8. The molecule has 0 radical (unpaired) electrons. The minimum Gasteiger partial charge on any atom is -0.339 e. The zero-order valence-electron chi connectivity index (χ0n) is 14.5. The highest BCUT2D eigenvalue weighted by Gasteiger charge is 2.28. The summed E-state index contributed by atoms with van der Waals surface area (Å²) in [6.07, 6.45) is 4.94. The predicted molar refractivity (Wildman–Crippen MR) is 96.5 cm³/mol. The van der Waals surface area contributed by atoms with Crippen LogP contribution < -0.4 is 5.32 Å². The number of halogens is 1. The number of pyridine rings is 1. The first-order chi connectivity index (χ1) is 13.2. The van der Waals surface area contributed by atoms with Gasteiger partial charge >= 0.3 is 6.03 Å². The van der Waals surface area contributed by atoms with E-state index < -0.39 is 0 Å². The molecule has 1 unspecified atom stereocenters. The van der Waals surface area contributed by atoms with Crippen molar-refractivity contribution in [2.24, 2.45) is 0 Å². The van der Waals surface area contributed by atoms with Crippen LogP contribution in [0.25, 0.3) is 11.4 Å². The highest BCUT2D eigenvalue weighted by Crippen LogP contribution is 2.28. The fourth-order valence-electron chi connectivity index (χ4n) is 3.15. The third-order valence-corrected chi connectivity index (χ3v) is 4.51. The van der Waals surface area contributed by atoms with Crippen molar-refractivity contribution in [2.75, 3.05) is 18.4 Å². The predicted octanol–water partition coefficient (Wildman–Crippen LogP) is 3.68. The second kappa shape index (κ2) is 7.53. The molecule has 1 aliphatic rings. The standard InChI is InChI=1S/C19H18FN5O2/c20-15-5-1-3-13(11-15)17-23-18(27-24-17)14-4-2-10-25(12-14)19(26)22-16-6-8-21-9-7-16/h1,3,5-9,11,14H,2,4,10,12H2,(H,21,22,26). The van der Waals surface area contributed by atoms with Crippen LogP contribution in [0.1, 0.15) is 24.7 Å². The Balaban J connectivity index is 1.45. The molecule has 3 heterocycles. The fourth-order valence-corrected chi connectivity index (χ4v) is 3.15. The number of carbonyl (C=O) groups is 1. The van der Waals surface area contributed by atoms with Crippen LogP contribution in [-0.2, 0) is 0 Å². The summed E-state index contributed by atoms with van der Waals surface area (Å²) in [4.78, 5) is 22.6. The van der Waals surface area contributed by atoms with Gasteiger partial charge in [-0.05, 0) is 37.1 Å². The number of hydrogen-bond donors (Lipinski definition) is 1. The van der Waals surface area contributed by atoms with E-state index in [2.05, 4.69) is 20.4 Å². The average molecular weight is 367 g/mol. The van der Waals surface area contributed by atoms with Crippen LogP contribution in [0.5, 0.6) is 0 Å². The van der Waals surface area contributed by atoms with Gasteiger partial charge in [0.05, 0.1) is 5.92 Å². The van der Waals surface area contributed by atoms with Gasteiger partial charge in [0.2, 0.25) is 11.7 Å². The highest BCUT2D eigenvalue weighted by atomic mass is 19.1. The van der Waals surface area contributed by atoms with Gasteiger partial charge < -0.3 is 14.7 Å². The molecule has 1 fully saturated rings. The first-order valence-electron chi connectivity index (χ1n) is 8.74. The molecule has 1 atom stereocenters. The molecule has 3 aromatic rings. The van der Waals surface area contributed by atoms with Crippen LogP contribution in [0.4, 0.5) is 14.9 Å². The molecule has 7 nitrogen and oxygen atoms in total. The summed E-state index contributed by atoms with van der Waals surface area (Å²) in [5.74, 6) is 0.422. The second-order valence-electron chi connectivity index (χ2n) is 6.42. The number of nitrogens with one attached hydrogen (secondary N) is 1. The van der Waals surface area contributed by atoms with E-state index in [1.54, 1.807) is 41.6 Å². The molecule has 0 saturated carbocycles. The van der Waals surface area contributed by atoms with Crippen molar-refractivity contribution in [2.45, 2.75) is 18.8 Å². The van der Waals surface area contributed by atoms with Crippen molar-refractivity contribution in [3.63, 3.8) is 0 Å². The number of rotatable bonds is 3. The molecule has 1 aliphatic heterocycles. The van der Waals surface area contributed by atoms with Gasteiger partial charge in [-0.1, -0.05) is 17.3 Å². The molecule has 0 bridgehead atoms. The third kappa shape index (κ3) is 3.94. The lowest BCUT2D eigenvalue weighted by molar-refractivity contribution is 0.184. The number of piperidine rings is 1. The van der Waals surface area contributed by atoms with Gasteiger partial charge in [0.1, 0.15) is 5.82 Å². The van der Waals surface area contributed by atoms with Crippen molar-refractivity contribution < 1.29 is 13.7 Å². The minimum atomic E-state index is -0.351. The zero-order valence-corrected chi connectivity index (χ0v) is 14.5. The monoisotopic (exact) mass is 367 g/mol. The van der Waals surface area contributed by atoms with Gasteiger partial charge in [-0.15, -0.1) is 0 Å². The van der Waals surface area contributed by atoms with E-state index in [9.17, 15) is 9.18 Å². The SMILES string of the molecule is O=C(Nc1ccncc1)N1CCCC(c2nc(-c3cccc(F)c3)no2)C1. The maximum absolute atomic E-state index is 13.4. The highest BCUT2D eigenvalue weighted by molar-refractivity contribution is 5.89. The average Bonchev–Trinajstić information content (AvgIpc) is 3.19. The maximum atomic E-state index is 13.4. The van der Waals surface area contributed by atoms with Crippen molar-refractivity contribution in [3.05, 3.63) is 60.5 Å². The molecule has 8 heteroatoms. The van der Waals surface area contributed by atoms with Crippen LogP contribution in [0, 0.1) is 5.82 Å². The number of amides is 2. The lowest BCUT2D eigenvalue weighted by atomic mass is 9.98. The fraction of sp³-hybridized carbons (Fsp3) is 0.263. The number of likely N-dealkylation sites (tertiary alicyclic amines) is 1. The van der Waals surface area contributed by atoms with Gasteiger partial charge in [0, 0.05) is 36.7 Å². The molecule has 0 spiro atoms. The number of aromatic nitrogens is 3. The molecular formula is C19H18FN5O2. The van der Waals surface area contributed by atoms with Crippen molar-refractivity contribution in [3.8, 4) is 11.4 Å². The Labute approximate surface area is 155 Å². The minimum absolute atomic E-state index is 0.0447. The van der Waals surface area contributed by atoms with E-state index in [0.29, 0.717) is 36.1 Å². The van der Waals surface area contributed by atoms with Gasteiger partial charge in [-0.3, -0.25) is 4.98 Å². The molecule has 2 aromatic heterocycles. The lowest BCUT2D eigenvalue weighted by Crippen LogP contribution is -2.41. The molecular weight excluding hydrogens is 349 g/mol. The zero-order chi connectivity index (χ0) is 18.6. The summed E-state index contributed by atoms with van der Waals surface area (Å²) >= 11 is 0. The smallest absolute Gasteiger partial charge is 0.321 e. The van der Waals surface area contributed by atoms with Crippen LogP contribution in [0.15, 0.2) is 53.3 Å². The van der Waals surface area contributed by atoms with Crippen molar-refractivity contribution in [1.29, 1.82) is 0 Å². The first kappa shape index (κ1) is 17.1. The van der Waals surface area contributed by atoms with Gasteiger partial charge in [0.25, 0.3) is 0 Å². The number of carbonyl (C=O) groups excluding carboxylic acids is 1. The number of anilines is 1. The second-order valence-corrected chi connectivity index (χ2v) is 6.42. The molecule has 1 saturated heterocycles. The van der Waals surface area contributed by atoms with E-state index in [-0.39, 0.29) is 17.8 Å². The molecule has 2 amide bonds. The van der Waals surface area contributed by atoms with Crippen LogP contribution >= 0.6 is 0 Å². The van der Waals surface area contributed by atoms with E-state index in [4.69, 9.17) is 4.52 Å². The van der Waals surface area contributed by atoms with E-state index in [0.717, 1.165) is 12.8 Å². The topological polar surface area (TPSA) is 84.2 Å². The third-order valence-electron chi connectivity index (χ3n) is 4.51. The Morgan fingerprint density at radius 1 is 1.26 bits per heavy atom. The Kier molecular flexibility index (Phi) is 4.78. The number of urea groups is 1. The number of benzene rings is 1. The molecule has 1 aromatic carbocycles. The van der Waals surface area contributed by atoms with Gasteiger partial charge in [-0.2, -0.15) is 4.98 Å². The van der Waals surface area contributed by atoms with Crippen LogP contribution in [-0.4, -0.2) is 39.1 Å². The summed E-state index contributed by atoms with van der Waals surface area (Å²) in [6.45, 7) is 1.15. The molecule has 27 heavy (non-hydrogen) atoms. The van der Waals surface area contributed by atoms with E-state index in [1.807, 2.05) is 0 Å². The van der Waals surface area contributed by atoms with Crippen LogP contribution in [0.3, 0.4) is 0 Å². The quantitative estimate of drug-likeness (QED) is 0.763. The summed E-state index contributed by atoms with van der Waals surface area (Å²) in [5, 5.41) is 6.82. The van der Waals surface area contributed by atoms with Gasteiger partial charge in [-0.25, -0.2) is 9.18 Å². The summed E-state index contributed by atoms with van der Waals surface area (Å²) in [5.41, 5.74) is 1.26. The Bertz CT molecular complexity index is 931. The van der Waals surface area contributed by atoms with E-state index in [1.165, 1.54) is 12.1 Å². The largest absolute Gasteiger partial charge is 0.339 e. The lowest BCUT2D eigenvalue weighted by Gasteiger charge is -2.31.